The Kier molecular flexibility index (Phi) is 37.0. The fraction of sp³-hybridized carbons (Fsp3) is 1.00. The van der Waals surface area contributed by atoms with Crippen molar-refractivity contribution in [3.63, 3.8) is 0 Å². The van der Waals surface area contributed by atoms with Crippen molar-refractivity contribution in [3.05, 3.63) is 0 Å². The van der Waals surface area contributed by atoms with E-state index in [1.54, 1.807) is 0 Å². The van der Waals surface area contributed by atoms with Gasteiger partial charge in [-0.3, -0.25) is 0 Å². The average molecular weight is 561 g/mol. The summed E-state index contributed by atoms with van der Waals surface area (Å²) >= 11 is 0. The van der Waals surface area contributed by atoms with Crippen LogP contribution >= 0.6 is 17.0 Å². The van der Waals surface area contributed by atoms with Gasteiger partial charge in [0.15, 0.2) is 0 Å². The van der Waals surface area contributed by atoms with Crippen molar-refractivity contribution in [2.24, 2.45) is 5.73 Å². The second-order valence-electron chi connectivity index (χ2n) is 11.5. The Bertz CT molecular complexity index is 314. The number of nitrogens with two attached hydrogens (primary N) is 1. The van der Waals surface area contributed by atoms with E-state index in [1.165, 1.54) is 193 Å². The number of halogens is 1. The van der Waals surface area contributed by atoms with Crippen LogP contribution in [0.15, 0.2) is 0 Å². The molecule has 2 N–H and O–H groups in total. The van der Waals surface area contributed by atoms with Gasteiger partial charge in [-0.15, -0.1) is 17.0 Å². The van der Waals surface area contributed by atoms with E-state index in [-0.39, 0.29) is 17.0 Å². The molecular formula is C33H70BrN. The summed E-state index contributed by atoms with van der Waals surface area (Å²) in [5.41, 5.74) is 6.37. The lowest BCUT2D eigenvalue weighted by Gasteiger charge is -2.11. The molecule has 0 spiro atoms. The molecule has 2 heteroatoms. The standard InChI is InChI=1S/C33H69N.BrH/c1-3-5-7-9-11-13-15-17-19-21-23-25-27-29-31-33(34)32-30-28-26-24-22-20-18-16-14-12-10-8-6-4-2;/h33H,3-32,34H2,1-2H3;1H. The molecule has 0 heterocycles. The highest BCUT2D eigenvalue weighted by Gasteiger charge is 2.02. The molecule has 0 amide bonds. The largest absolute Gasteiger partial charge is 0.328 e. The van der Waals surface area contributed by atoms with E-state index >= 15 is 0 Å². The molecule has 0 unspecified atom stereocenters. The summed E-state index contributed by atoms with van der Waals surface area (Å²) in [5, 5.41) is 0. The summed E-state index contributed by atoms with van der Waals surface area (Å²) in [4.78, 5) is 0. The van der Waals surface area contributed by atoms with Gasteiger partial charge in [0, 0.05) is 6.04 Å². The summed E-state index contributed by atoms with van der Waals surface area (Å²) in [6.45, 7) is 4.60. The van der Waals surface area contributed by atoms with E-state index in [1.807, 2.05) is 0 Å². The Balaban J connectivity index is 0. The van der Waals surface area contributed by atoms with E-state index < -0.39 is 0 Å². The van der Waals surface area contributed by atoms with E-state index in [0.29, 0.717) is 6.04 Å². The summed E-state index contributed by atoms with van der Waals surface area (Å²) in [6, 6.07) is 0.467. The van der Waals surface area contributed by atoms with Crippen molar-refractivity contribution in [1.82, 2.24) is 0 Å². The zero-order chi connectivity index (χ0) is 24.8. The van der Waals surface area contributed by atoms with Crippen molar-refractivity contribution < 1.29 is 0 Å². The lowest BCUT2D eigenvalue weighted by Crippen LogP contribution is -2.19. The van der Waals surface area contributed by atoms with Crippen LogP contribution in [0.3, 0.4) is 0 Å². The highest BCUT2D eigenvalue weighted by Crippen LogP contribution is 2.16. The first kappa shape index (κ1) is 37.6. The Morgan fingerprint density at radius 1 is 0.314 bits per heavy atom. The predicted molar refractivity (Wildman–Crippen MR) is 168 cm³/mol. The molecule has 214 valence electrons. The Labute approximate surface area is 234 Å². The second-order valence-corrected chi connectivity index (χ2v) is 11.5. The van der Waals surface area contributed by atoms with E-state index in [9.17, 15) is 0 Å². The Morgan fingerprint density at radius 3 is 0.686 bits per heavy atom. The number of hydrogen-bond acceptors (Lipinski definition) is 1. The van der Waals surface area contributed by atoms with Crippen LogP contribution in [0, 0.1) is 0 Å². The van der Waals surface area contributed by atoms with E-state index in [2.05, 4.69) is 13.8 Å². The summed E-state index contributed by atoms with van der Waals surface area (Å²) < 4.78 is 0. The molecule has 0 aliphatic carbocycles. The quantitative estimate of drug-likeness (QED) is 0.0869. The second kappa shape index (κ2) is 34.4. The maximum atomic E-state index is 6.37. The van der Waals surface area contributed by atoms with Gasteiger partial charge in [0.25, 0.3) is 0 Å². The maximum absolute atomic E-state index is 6.37. The zero-order valence-electron chi connectivity index (χ0n) is 24.8. The highest BCUT2D eigenvalue weighted by molar-refractivity contribution is 8.93. The van der Waals surface area contributed by atoms with Crippen LogP contribution in [0.5, 0.6) is 0 Å². The van der Waals surface area contributed by atoms with Crippen molar-refractivity contribution in [2.45, 2.75) is 213 Å². The van der Waals surface area contributed by atoms with Gasteiger partial charge in [0.2, 0.25) is 0 Å². The molecule has 0 atom stereocenters. The molecule has 0 bridgehead atoms. The van der Waals surface area contributed by atoms with Crippen LogP contribution in [0.25, 0.3) is 0 Å². The van der Waals surface area contributed by atoms with Gasteiger partial charge in [-0.05, 0) is 12.8 Å². The molecule has 0 aromatic carbocycles. The number of rotatable bonds is 30. The summed E-state index contributed by atoms with van der Waals surface area (Å²) in [5.74, 6) is 0. The molecule has 0 aromatic rings. The van der Waals surface area contributed by atoms with Crippen molar-refractivity contribution in [3.8, 4) is 0 Å². The van der Waals surface area contributed by atoms with Crippen molar-refractivity contribution in [1.29, 1.82) is 0 Å². The van der Waals surface area contributed by atoms with Crippen LogP contribution in [0.2, 0.25) is 0 Å². The van der Waals surface area contributed by atoms with Gasteiger partial charge >= 0.3 is 0 Å². The summed E-state index contributed by atoms with van der Waals surface area (Å²) in [7, 11) is 0. The fourth-order valence-electron chi connectivity index (χ4n) is 5.35. The molecule has 0 aliphatic rings. The average Bonchev–Trinajstić information content (AvgIpc) is 2.84. The molecule has 1 nitrogen and oxygen atoms in total. The maximum Gasteiger partial charge on any atom is 0.00388 e. The first-order chi connectivity index (χ1) is 16.8. The van der Waals surface area contributed by atoms with Gasteiger partial charge in [0.05, 0.1) is 0 Å². The van der Waals surface area contributed by atoms with Gasteiger partial charge in [-0.2, -0.15) is 0 Å². The molecule has 0 aliphatic heterocycles. The smallest absolute Gasteiger partial charge is 0.00388 e. The Hall–Kier alpha value is 0.440. The predicted octanol–water partition coefficient (Wildman–Crippen LogP) is 12.6. The number of unbranched alkanes of at least 4 members (excludes halogenated alkanes) is 26. The third-order valence-electron chi connectivity index (χ3n) is 7.86. The molecule has 35 heavy (non-hydrogen) atoms. The van der Waals surface area contributed by atoms with Crippen molar-refractivity contribution >= 4 is 17.0 Å². The SMILES string of the molecule is Br.CCCCCCCCCCCCCCCCC(N)CCCCCCCCCCCCCCCC. The van der Waals surface area contributed by atoms with Crippen LogP contribution < -0.4 is 5.73 Å². The monoisotopic (exact) mass is 559 g/mol. The highest BCUT2D eigenvalue weighted by atomic mass is 79.9. The molecule has 0 radical (unpaired) electrons. The molecule has 0 aromatic heterocycles. The lowest BCUT2D eigenvalue weighted by atomic mass is 10.00. The minimum atomic E-state index is 0. The van der Waals surface area contributed by atoms with Gasteiger partial charge in [-0.25, -0.2) is 0 Å². The molecule has 0 fully saturated rings. The minimum Gasteiger partial charge on any atom is -0.328 e. The normalized spacial score (nSPS) is 11.3. The Morgan fingerprint density at radius 2 is 0.486 bits per heavy atom. The topological polar surface area (TPSA) is 26.0 Å². The third-order valence-corrected chi connectivity index (χ3v) is 7.86. The summed E-state index contributed by atoms with van der Waals surface area (Å²) in [6.07, 6.45) is 42.9. The van der Waals surface area contributed by atoms with Gasteiger partial charge < -0.3 is 5.73 Å². The van der Waals surface area contributed by atoms with Gasteiger partial charge in [0.1, 0.15) is 0 Å². The van der Waals surface area contributed by atoms with Crippen LogP contribution in [-0.4, -0.2) is 6.04 Å². The lowest BCUT2D eigenvalue weighted by molar-refractivity contribution is 0.477. The molecular weight excluding hydrogens is 490 g/mol. The van der Waals surface area contributed by atoms with E-state index in [0.717, 1.165) is 0 Å². The van der Waals surface area contributed by atoms with E-state index in [4.69, 9.17) is 5.73 Å². The van der Waals surface area contributed by atoms with Crippen LogP contribution in [0.1, 0.15) is 206 Å². The first-order valence-electron chi connectivity index (χ1n) is 16.6. The third kappa shape index (κ3) is 34.4. The molecule has 0 saturated carbocycles. The fourth-order valence-corrected chi connectivity index (χ4v) is 5.35. The van der Waals surface area contributed by atoms with Gasteiger partial charge in [-0.1, -0.05) is 194 Å². The minimum absolute atomic E-state index is 0. The molecule has 0 rings (SSSR count). The van der Waals surface area contributed by atoms with Crippen molar-refractivity contribution in [2.75, 3.05) is 0 Å². The van der Waals surface area contributed by atoms with Crippen LogP contribution in [-0.2, 0) is 0 Å². The zero-order valence-corrected chi connectivity index (χ0v) is 26.5. The first-order valence-corrected chi connectivity index (χ1v) is 16.6. The molecule has 0 saturated heterocycles. The van der Waals surface area contributed by atoms with Crippen LogP contribution in [0.4, 0.5) is 0 Å². The number of hydrogen-bond donors (Lipinski definition) is 1.